The third kappa shape index (κ3) is 4.51. The Labute approximate surface area is 201 Å². The molecule has 5 rings (SSSR count). The number of carbonyl (C=O) groups is 1. The van der Waals surface area contributed by atoms with Gasteiger partial charge in [0.05, 0.1) is 23.2 Å². The fourth-order valence-electron chi connectivity index (χ4n) is 3.96. The van der Waals surface area contributed by atoms with Crippen LogP contribution in [0.2, 0.25) is 0 Å². The molecule has 5 nitrogen and oxygen atoms in total. The lowest BCUT2D eigenvalue weighted by atomic mass is 10.1. The van der Waals surface area contributed by atoms with Gasteiger partial charge in [-0.2, -0.15) is 5.10 Å². The van der Waals surface area contributed by atoms with Crippen LogP contribution in [0.1, 0.15) is 24.0 Å². The van der Waals surface area contributed by atoms with Crippen LogP contribution in [-0.4, -0.2) is 44.2 Å². The number of amides is 1. The lowest BCUT2D eigenvalue weighted by Crippen LogP contribution is -2.35. The smallest absolute Gasteiger partial charge is 0.266 e. The first-order valence-corrected chi connectivity index (χ1v) is 12.0. The van der Waals surface area contributed by atoms with Gasteiger partial charge in [-0.25, -0.2) is 9.07 Å². The molecular weight excluding hydrogens is 457 g/mol. The van der Waals surface area contributed by atoms with Crippen LogP contribution in [-0.2, 0) is 9.53 Å². The maximum atomic E-state index is 14.3. The van der Waals surface area contributed by atoms with E-state index in [9.17, 15) is 9.18 Å². The first-order valence-electron chi connectivity index (χ1n) is 10.8. The summed E-state index contributed by atoms with van der Waals surface area (Å²) in [6, 6.07) is 14.7. The molecule has 2 aliphatic rings. The van der Waals surface area contributed by atoms with E-state index in [1.807, 2.05) is 42.6 Å². The molecule has 2 aliphatic heterocycles. The van der Waals surface area contributed by atoms with Gasteiger partial charge < -0.3 is 4.74 Å². The SMILES string of the molecule is Cc1ccc(-c2nn(-c3ccccc3)cc2/C=C2\SC(=S)N(CC3CCCO3)C2=O)cc1F. The Balaban J connectivity index is 1.53. The summed E-state index contributed by atoms with van der Waals surface area (Å²) in [6.45, 7) is 2.92. The van der Waals surface area contributed by atoms with Gasteiger partial charge in [0.2, 0.25) is 0 Å². The Hall–Kier alpha value is -2.81. The van der Waals surface area contributed by atoms with Crippen LogP contribution < -0.4 is 0 Å². The highest BCUT2D eigenvalue weighted by molar-refractivity contribution is 8.26. The zero-order chi connectivity index (χ0) is 22.9. The number of rotatable bonds is 5. The summed E-state index contributed by atoms with van der Waals surface area (Å²) in [6.07, 6.45) is 5.62. The van der Waals surface area contributed by atoms with Crippen molar-refractivity contribution in [3.05, 3.63) is 76.6 Å². The van der Waals surface area contributed by atoms with Crippen molar-refractivity contribution >= 4 is 40.3 Å². The van der Waals surface area contributed by atoms with Gasteiger partial charge >= 0.3 is 0 Å². The Morgan fingerprint density at radius 2 is 2.09 bits per heavy atom. The number of aromatic nitrogens is 2. The maximum Gasteiger partial charge on any atom is 0.266 e. The number of thiocarbonyl (C=S) groups is 1. The second-order valence-corrected chi connectivity index (χ2v) is 9.78. The molecule has 2 saturated heterocycles. The number of benzene rings is 2. The molecule has 1 amide bonds. The van der Waals surface area contributed by atoms with Gasteiger partial charge in [0.25, 0.3) is 5.91 Å². The summed E-state index contributed by atoms with van der Waals surface area (Å²) >= 11 is 6.76. The van der Waals surface area contributed by atoms with Crippen molar-refractivity contribution in [3.8, 4) is 16.9 Å². The van der Waals surface area contributed by atoms with E-state index >= 15 is 0 Å². The summed E-state index contributed by atoms with van der Waals surface area (Å²) in [5.41, 5.74) is 3.41. The monoisotopic (exact) mass is 479 g/mol. The second-order valence-electron chi connectivity index (χ2n) is 8.10. The van der Waals surface area contributed by atoms with Crippen molar-refractivity contribution in [2.75, 3.05) is 13.2 Å². The highest BCUT2D eigenvalue weighted by atomic mass is 32.2. The molecule has 2 aromatic carbocycles. The van der Waals surface area contributed by atoms with Crippen LogP contribution in [0.15, 0.2) is 59.6 Å². The highest BCUT2D eigenvalue weighted by Gasteiger charge is 2.35. The first kappa shape index (κ1) is 22.0. The van der Waals surface area contributed by atoms with Gasteiger partial charge in [0, 0.05) is 23.9 Å². The topological polar surface area (TPSA) is 47.4 Å². The van der Waals surface area contributed by atoms with E-state index in [-0.39, 0.29) is 17.8 Å². The number of hydrogen-bond donors (Lipinski definition) is 0. The average Bonchev–Trinajstić information content (AvgIpc) is 3.54. The fourth-order valence-corrected chi connectivity index (χ4v) is 5.23. The Bertz CT molecular complexity index is 1250. The largest absolute Gasteiger partial charge is 0.376 e. The summed E-state index contributed by atoms with van der Waals surface area (Å²) < 4.78 is 22.3. The van der Waals surface area contributed by atoms with E-state index in [1.165, 1.54) is 17.8 Å². The summed E-state index contributed by atoms with van der Waals surface area (Å²) in [7, 11) is 0. The molecule has 1 aromatic heterocycles. The number of hydrogen-bond acceptors (Lipinski definition) is 5. The van der Waals surface area contributed by atoms with Crippen molar-refractivity contribution in [1.82, 2.24) is 14.7 Å². The summed E-state index contributed by atoms with van der Waals surface area (Å²) in [5, 5.41) is 4.73. The summed E-state index contributed by atoms with van der Waals surface area (Å²) in [5.74, 6) is -0.426. The minimum atomic E-state index is -0.296. The molecule has 0 saturated carbocycles. The Morgan fingerprint density at radius 3 is 2.82 bits per heavy atom. The van der Waals surface area contributed by atoms with Crippen molar-refractivity contribution < 1.29 is 13.9 Å². The molecule has 1 unspecified atom stereocenters. The van der Waals surface area contributed by atoms with Crippen LogP contribution in [0.3, 0.4) is 0 Å². The van der Waals surface area contributed by atoms with Crippen LogP contribution in [0.4, 0.5) is 4.39 Å². The van der Waals surface area contributed by atoms with E-state index < -0.39 is 0 Å². The van der Waals surface area contributed by atoms with Crippen molar-refractivity contribution in [3.63, 3.8) is 0 Å². The third-order valence-electron chi connectivity index (χ3n) is 5.78. The minimum absolute atomic E-state index is 0.0266. The highest BCUT2D eigenvalue weighted by Crippen LogP contribution is 2.35. The number of carbonyl (C=O) groups excluding carboxylic acids is 1. The molecule has 3 aromatic rings. The molecule has 3 heterocycles. The zero-order valence-electron chi connectivity index (χ0n) is 18.0. The molecule has 168 valence electrons. The number of thioether (sulfide) groups is 1. The van der Waals surface area contributed by atoms with Crippen molar-refractivity contribution in [2.24, 2.45) is 0 Å². The zero-order valence-corrected chi connectivity index (χ0v) is 19.7. The normalized spacial score (nSPS) is 19.8. The summed E-state index contributed by atoms with van der Waals surface area (Å²) in [4.78, 5) is 15.3. The molecular formula is C25H22FN3O2S2. The molecule has 33 heavy (non-hydrogen) atoms. The maximum absolute atomic E-state index is 14.3. The van der Waals surface area contributed by atoms with Crippen molar-refractivity contribution in [1.29, 1.82) is 0 Å². The quantitative estimate of drug-likeness (QED) is 0.364. The van der Waals surface area contributed by atoms with Gasteiger partial charge in [-0.15, -0.1) is 0 Å². The van der Waals surface area contributed by atoms with Crippen molar-refractivity contribution in [2.45, 2.75) is 25.9 Å². The van der Waals surface area contributed by atoms with E-state index in [2.05, 4.69) is 0 Å². The third-order valence-corrected chi connectivity index (χ3v) is 7.16. The van der Waals surface area contributed by atoms with Gasteiger partial charge in [-0.1, -0.05) is 54.3 Å². The predicted octanol–water partition coefficient (Wildman–Crippen LogP) is 5.37. The number of para-hydroxylation sites is 1. The lowest BCUT2D eigenvalue weighted by molar-refractivity contribution is -0.123. The molecule has 8 heteroatoms. The van der Waals surface area contributed by atoms with Crippen LogP contribution in [0.5, 0.6) is 0 Å². The number of aryl methyl sites for hydroxylation is 1. The molecule has 1 atom stereocenters. The van der Waals surface area contributed by atoms with Crippen LogP contribution in [0, 0.1) is 12.7 Å². The van der Waals surface area contributed by atoms with E-state index in [4.69, 9.17) is 22.1 Å². The standard InChI is InChI=1S/C25H22FN3O2S2/c1-16-9-10-17(12-21(16)26)23-18(14-29(27-23)19-6-3-2-4-7-19)13-22-24(30)28(25(32)33-22)15-20-8-5-11-31-20/h2-4,6-7,9-10,12-14,20H,5,8,11,15H2,1H3/b22-13-. The first-order chi connectivity index (χ1) is 16.0. The second kappa shape index (κ2) is 9.21. The van der Waals surface area contributed by atoms with Gasteiger partial charge in [-0.3, -0.25) is 9.69 Å². The van der Waals surface area contributed by atoms with E-state index in [0.717, 1.165) is 30.7 Å². The van der Waals surface area contributed by atoms with Gasteiger partial charge in [0.15, 0.2) is 0 Å². The van der Waals surface area contributed by atoms with Crippen LogP contribution in [0.25, 0.3) is 23.0 Å². The number of nitrogens with zero attached hydrogens (tertiary/aromatic N) is 3. The van der Waals surface area contributed by atoms with Gasteiger partial charge in [0.1, 0.15) is 15.8 Å². The molecule has 0 bridgehead atoms. The van der Waals surface area contributed by atoms with E-state index in [1.54, 1.807) is 28.6 Å². The molecule has 2 fully saturated rings. The average molecular weight is 480 g/mol. The Kier molecular flexibility index (Phi) is 6.14. The van der Waals surface area contributed by atoms with Gasteiger partial charge in [-0.05, 0) is 49.6 Å². The predicted molar refractivity (Wildman–Crippen MR) is 133 cm³/mol. The molecule has 0 radical (unpaired) electrons. The molecule has 0 spiro atoms. The number of halogens is 1. The molecule has 0 aliphatic carbocycles. The molecule has 0 N–H and O–H groups in total. The lowest BCUT2D eigenvalue weighted by Gasteiger charge is -2.18. The van der Waals surface area contributed by atoms with Crippen LogP contribution >= 0.6 is 24.0 Å². The van der Waals surface area contributed by atoms with E-state index in [0.29, 0.717) is 32.6 Å². The number of ether oxygens (including phenoxy) is 1. The fraction of sp³-hybridized carbons (Fsp3) is 0.240. The minimum Gasteiger partial charge on any atom is -0.376 e. The Morgan fingerprint density at radius 1 is 1.27 bits per heavy atom.